The molecule has 11 heavy (non-hydrogen) atoms. The first kappa shape index (κ1) is 10.4. The zero-order valence-electron chi connectivity index (χ0n) is 7.69. The van der Waals surface area contributed by atoms with Gasteiger partial charge in [0, 0.05) is 6.54 Å². The average Bonchev–Trinajstić information content (AvgIpc) is 1.97. The highest BCUT2D eigenvalue weighted by molar-refractivity contribution is 4.99. The molecular formula is C10H19N. The first-order chi connectivity index (χ1) is 5.16. The Morgan fingerprint density at radius 3 is 2.55 bits per heavy atom. The molecule has 1 nitrogen and oxygen atoms in total. The van der Waals surface area contributed by atoms with Crippen molar-refractivity contribution in [3.63, 3.8) is 0 Å². The van der Waals surface area contributed by atoms with Crippen LogP contribution >= 0.6 is 0 Å². The van der Waals surface area contributed by atoms with Crippen molar-refractivity contribution in [3.8, 4) is 0 Å². The maximum Gasteiger partial charge on any atom is 0.0134 e. The van der Waals surface area contributed by atoms with E-state index < -0.39 is 0 Å². The van der Waals surface area contributed by atoms with E-state index in [2.05, 4.69) is 26.5 Å². The summed E-state index contributed by atoms with van der Waals surface area (Å²) in [6.07, 6.45) is 5.68. The minimum absolute atomic E-state index is 0.688. The molecule has 0 atom stereocenters. The van der Waals surface area contributed by atoms with Crippen molar-refractivity contribution in [1.82, 2.24) is 0 Å². The lowest BCUT2D eigenvalue weighted by molar-refractivity contribution is 0.828. The van der Waals surface area contributed by atoms with Gasteiger partial charge in [-0.1, -0.05) is 17.2 Å². The Labute approximate surface area is 70.0 Å². The molecule has 0 radical (unpaired) electrons. The van der Waals surface area contributed by atoms with Crippen molar-refractivity contribution in [2.75, 3.05) is 6.54 Å². The summed E-state index contributed by atoms with van der Waals surface area (Å²) in [5.74, 6) is 0. The van der Waals surface area contributed by atoms with E-state index in [0.29, 0.717) is 6.54 Å². The van der Waals surface area contributed by atoms with Gasteiger partial charge in [0.1, 0.15) is 0 Å². The summed E-state index contributed by atoms with van der Waals surface area (Å²) in [6, 6.07) is 0. The molecule has 0 rings (SSSR count). The quantitative estimate of drug-likeness (QED) is 0.477. The minimum atomic E-state index is 0.688. The molecule has 0 aliphatic heterocycles. The van der Waals surface area contributed by atoms with E-state index in [1.165, 1.54) is 17.6 Å². The fourth-order valence-corrected chi connectivity index (χ4v) is 0.836. The molecule has 0 bridgehead atoms. The van der Waals surface area contributed by atoms with Crippen LogP contribution in [0.3, 0.4) is 0 Å². The monoisotopic (exact) mass is 153 g/mol. The van der Waals surface area contributed by atoms with E-state index in [0.717, 1.165) is 12.8 Å². The molecule has 0 saturated carbocycles. The van der Waals surface area contributed by atoms with E-state index in [-0.39, 0.29) is 0 Å². The second-order valence-electron chi connectivity index (χ2n) is 3.10. The fraction of sp³-hybridized carbons (Fsp3) is 0.600. The van der Waals surface area contributed by atoms with Gasteiger partial charge in [0.2, 0.25) is 0 Å². The Kier molecular flexibility index (Phi) is 5.86. The molecule has 64 valence electrons. The summed E-state index contributed by atoms with van der Waals surface area (Å²) >= 11 is 0. The molecule has 0 fully saturated rings. The Hall–Kier alpha value is -0.560. The molecule has 0 amide bonds. The van der Waals surface area contributed by atoms with Gasteiger partial charge in [-0.3, -0.25) is 0 Å². The van der Waals surface area contributed by atoms with Gasteiger partial charge in [0.05, 0.1) is 0 Å². The van der Waals surface area contributed by atoms with Gasteiger partial charge in [-0.15, -0.1) is 6.58 Å². The van der Waals surface area contributed by atoms with Gasteiger partial charge < -0.3 is 5.73 Å². The van der Waals surface area contributed by atoms with E-state index in [9.17, 15) is 0 Å². The van der Waals surface area contributed by atoms with Gasteiger partial charge in [-0.2, -0.15) is 0 Å². The van der Waals surface area contributed by atoms with E-state index in [1.807, 2.05) is 0 Å². The van der Waals surface area contributed by atoms with Crippen LogP contribution in [0.25, 0.3) is 0 Å². The van der Waals surface area contributed by atoms with Crippen LogP contribution in [0.5, 0.6) is 0 Å². The minimum Gasteiger partial charge on any atom is -0.327 e. The second kappa shape index (κ2) is 6.17. The van der Waals surface area contributed by atoms with Gasteiger partial charge in [0.15, 0.2) is 0 Å². The van der Waals surface area contributed by atoms with E-state index in [4.69, 9.17) is 5.73 Å². The van der Waals surface area contributed by atoms with Crippen molar-refractivity contribution in [3.05, 3.63) is 23.8 Å². The maximum atomic E-state index is 5.43. The van der Waals surface area contributed by atoms with Crippen LogP contribution in [-0.4, -0.2) is 6.54 Å². The predicted molar refractivity (Wildman–Crippen MR) is 51.5 cm³/mol. The average molecular weight is 153 g/mol. The van der Waals surface area contributed by atoms with E-state index >= 15 is 0 Å². The summed E-state index contributed by atoms with van der Waals surface area (Å²) in [7, 11) is 0. The lowest BCUT2D eigenvalue weighted by Crippen LogP contribution is -1.99. The van der Waals surface area contributed by atoms with E-state index in [1.54, 1.807) is 0 Å². The van der Waals surface area contributed by atoms with Crippen LogP contribution in [0.15, 0.2) is 23.8 Å². The molecule has 0 aromatic rings. The fourth-order valence-electron chi connectivity index (χ4n) is 0.836. The lowest BCUT2D eigenvalue weighted by Gasteiger charge is -1.97. The third-order valence-electron chi connectivity index (χ3n) is 1.62. The standard InChI is InChI=1S/C10H19N/c1-9(2)6-4-5-7-10(3)8-11/h7H,1,4-6,8,11H2,2-3H3. The van der Waals surface area contributed by atoms with Gasteiger partial charge in [0.25, 0.3) is 0 Å². The number of allylic oxidation sites excluding steroid dienone is 2. The number of hydrogen-bond donors (Lipinski definition) is 1. The third-order valence-corrected chi connectivity index (χ3v) is 1.62. The van der Waals surface area contributed by atoms with Crippen LogP contribution in [0.1, 0.15) is 33.1 Å². The summed E-state index contributed by atoms with van der Waals surface area (Å²) < 4.78 is 0. The molecule has 0 saturated heterocycles. The summed E-state index contributed by atoms with van der Waals surface area (Å²) in [5, 5.41) is 0. The van der Waals surface area contributed by atoms with Crippen LogP contribution in [0, 0.1) is 0 Å². The Morgan fingerprint density at radius 2 is 2.09 bits per heavy atom. The summed E-state index contributed by atoms with van der Waals surface area (Å²) in [6.45, 7) is 8.67. The Morgan fingerprint density at radius 1 is 1.45 bits per heavy atom. The molecule has 0 spiro atoms. The first-order valence-corrected chi connectivity index (χ1v) is 4.17. The molecule has 0 aromatic carbocycles. The molecule has 0 heterocycles. The third kappa shape index (κ3) is 7.34. The lowest BCUT2D eigenvalue weighted by atomic mass is 10.1. The number of unbranched alkanes of at least 4 members (excludes halogenated alkanes) is 1. The highest BCUT2D eigenvalue weighted by Crippen LogP contribution is 2.05. The molecular weight excluding hydrogens is 134 g/mol. The summed E-state index contributed by atoms with van der Waals surface area (Å²) in [4.78, 5) is 0. The number of rotatable bonds is 5. The zero-order valence-corrected chi connectivity index (χ0v) is 7.69. The molecule has 0 aliphatic rings. The summed E-state index contributed by atoms with van der Waals surface area (Å²) in [5.41, 5.74) is 7.98. The number of hydrogen-bond acceptors (Lipinski definition) is 1. The molecule has 1 heteroatoms. The molecule has 0 aliphatic carbocycles. The molecule has 0 aromatic heterocycles. The first-order valence-electron chi connectivity index (χ1n) is 4.17. The van der Waals surface area contributed by atoms with Crippen LogP contribution in [-0.2, 0) is 0 Å². The normalized spacial score (nSPS) is 11.7. The second-order valence-corrected chi connectivity index (χ2v) is 3.10. The van der Waals surface area contributed by atoms with Crippen molar-refractivity contribution < 1.29 is 0 Å². The van der Waals surface area contributed by atoms with Crippen LogP contribution in [0.4, 0.5) is 0 Å². The van der Waals surface area contributed by atoms with Gasteiger partial charge in [-0.25, -0.2) is 0 Å². The van der Waals surface area contributed by atoms with Crippen molar-refractivity contribution in [2.24, 2.45) is 5.73 Å². The van der Waals surface area contributed by atoms with Crippen molar-refractivity contribution >= 4 is 0 Å². The van der Waals surface area contributed by atoms with Gasteiger partial charge >= 0.3 is 0 Å². The van der Waals surface area contributed by atoms with Crippen molar-refractivity contribution in [2.45, 2.75) is 33.1 Å². The van der Waals surface area contributed by atoms with Crippen LogP contribution < -0.4 is 5.73 Å². The topological polar surface area (TPSA) is 26.0 Å². The zero-order chi connectivity index (χ0) is 8.69. The highest BCUT2D eigenvalue weighted by Gasteiger charge is 1.87. The maximum absolute atomic E-state index is 5.43. The van der Waals surface area contributed by atoms with Crippen LogP contribution in [0.2, 0.25) is 0 Å². The predicted octanol–water partition coefficient (Wildman–Crippen LogP) is 2.64. The number of nitrogens with two attached hydrogens (primary N) is 1. The molecule has 0 unspecified atom stereocenters. The Bertz CT molecular complexity index is 145. The largest absolute Gasteiger partial charge is 0.327 e. The highest BCUT2D eigenvalue weighted by atomic mass is 14.5. The smallest absolute Gasteiger partial charge is 0.0134 e. The SMILES string of the molecule is C=C(C)CCCC=C(C)CN. The molecule has 2 N–H and O–H groups in total. The van der Waals surface area contributed by atoms with Gasteiger partial charge in [-0.05, 0) is 33.1 Å². The van der Waals surface area contributed by atoms with Crippen molar-refractivity contribution in [1.29, 1.82) is 0 Å². The Balaban J connectivity index is 3.33.